The molecule has 0 radical (unpaired) electrons. The highest BCUT2D eigenvalue weighted by molar-refractivity contribution is 5.89. The molecule has 2 fully saturated rings. The van der Waals surface area contributed by atoms with Gasteiger partial charge in [-0.15, -0.1) is 0 Å². The number of piperidine rings is 1. The Morgan fingerprint density at radius 3 is 2.10 bits per heavy atom. The van der Waals surface area contributed by atoms with Gasteiger partial charge < -0.3 is 15.1 Å². The fourth-order valence-corrected chi connectivity index (χ4v) is 4.61. The average Bonchev–Trinajstić information content (AvgIpc) is 3.07. The first-order valence-electron chi connectivity index (χ1n) is 11.9. The first-order chi connectivity index (χ1) is 15.0. The lowest BCUT2D eigenvalue weighted by atomic mass is 9.93. The molecule has 1 N–H and O–H groups in total. The number of rotatable bonds is 6. The average molecular weight is 428 g/mol. The minimum atomic E-state index is -0.533. The number of nitrogens with zero attached hydrogens (tertiary/aromatic N) is 2. The minimum Gasteiger partial charge on any atom is -0.344 e. The topological polar surface area (TPSA) is 69.7 Å². The molecule has 1 unspecified atom stereocenters. The molecule has 2 saturated heterocycles. The molecular formula is C25H37N3O3. The van der Waals surface area contributed by atoms with Gasteiger partial charge in [0.05, 0.1) is 6.42 Å². The maximum Gasteiger partial charge on any atom is 0.245 e. The van der Waals surface area contributed by atoms with Crippen LogP contribution < -0.4 is 5.32 Å². The van der Waals surface area contributed by atoms with Crippen LogP contribution in [0.4, 0.5) is 0 Å². The molecule has 2 aliphatic rings. The van der Waals surface area contributed by atoms with Crippen LogP contribution in [0.5, 0.6) is 0 Å². The van der Waals surface area contributed by atoms with Crippen molar-refractivity contribution in [3.8, 4) is 0 Å². The van der Waals surface area contributed by atoms with E-state index >= 15 is 0 Å². The van der Waals surface area contributed by atoms with Gasteiger partial charge in [0, 0.05) is 32.1 Å². The lowest BCUT2D eigenvalue weighted by molar-refractivity contribution is -0.143. The van der Waals surface area contributed by atoms with Crippen LogP contribution >= 0.6 is 0 Å². The summed E-state index contributed by atoms with van der Waals surface area (Å²) in [6.45, 7) is 6.84. The summed E-state index contributed by atoms with van der Waals surface area (Å²) < 4.78 is 0. The van der Waals surface area contributed by atoms with Crippen LogP contribution in [-0.2, 0) is 20.8 Å². The van der Waals surface area contributed by atoms with Gasteiger partial charge in [0.25, 0.3) is 0 Å². The fourth-order valence-electron chi connectivity index (χ4n) is 4.61. The van der Waals surface area contributed by atoms with Gasteiger partial charge in [-0.1, -0.05) is 57.0 Å². The highest BCUT2D eigenvalue weighted by Crippen LogP contribution is 2.23. The quantitative estimate of drug-likeness (QED) is 0.759. The van der Waals surface area contributed by atoms with Crippen molar-refractivity contribution < 1.29 is 14.4 Å². The van der Waals surface area contributed by atoms with E-state index in [9.17, 15) is 14.4 Å². The first kappa shape index (κ1) is 23.3. The second kappa shape index (κ2) is 11.3. The number of hydrogen-bond donors (Lipinski definition) is 1. The highest BCUT2D eigenvalue weighted by Gasteiger charge is 2.34. The number of amides is 3. The van der Waals surface area contributed by atoms with E-state index in [4.69, 9.17) is 0 Å². The summed E-state index contributed by atoms with van der Waals surface area (Å²) in [6, 6.07) is 9.03. The van der Waals surface area contributed by atoms with Gasteiger partial charge in [0.15, 0.2) is 0 Å². The zero-order valence-corrected chi connectivity index (χ0v) is 19.0. The van der Waals surface area contributed by atoms with E-state index in [2.05, 4.69) is 5.32 Å². The number of carbonyl (C=O) groups excluding carboxylic acids is 3. The van der Waals surface area contributed by atoms with Gasteiger partial charge in [-0.25, -0.2) is 0 Å². The molecule has 31 heavy (non-hydrogen) atoms. The Hall–Kier alpha value is -2.37. The lowest BCUT2D eigenvalue weighted by Crippen LogP contribution is -2.54. The summed E-state index contributed by atoms with van der Waals surface area (Å²) >= 11 is 0. The lowest BCUT2D eigenvalue weighted by Gasteiger charge is -2.36. The van der Waals surface area contributed by atoms with E-state index in [1.807, 2.05) is 54.0 Å². The zero-order valence-electron chi connectivity index (χ0n) is 19.0. The molecule has 1 aromatic carbocycles. The van der Waals surface area contributed by atoms with E-state index in [0.29, 0.717) is 25.9 Å². The van der Waals surface area contributed by atoms with Gasteiger partial charge in [-0.2, -0.15) is 0 Å². The summed E-state index contributed by atoms with van der Waals surface area (Å²) in [7, 11) is 0. The Bertz CT molecular complexity index is 734. The van der Waals surface area contributed by atoms with E-state index in [1.54, 1.807) is 0 Å². The summed E-state index contributed by atoms with van der Waals surface area (Å²) in [5, 5.41) is 2.95. The second-order valence-electron chi connectivity index (χ2n) is 9.29. The maximum absolute atomic E-state index is 13.2. The van der Waals surface area contributed by atoms with Crippen LogP contribution in [0.3, 0.4) is 0 Å². The maximum atomic E-state index is 13.2. The van der Waals surface area contributed by atoms with Crippen LogP contribution in [-0.4, -0.2) is 59.7 Å². The van der Waals surface area contributed by atoms with E-state index in [1.165, 1.54) is 12.8 Å². The molecule has 3 rings (SSSR count). The van der Waals surface area contributed by atoms with Crippen molar-refractivity contribution in [3.05, 3.63) is 35.9 Å². The number of nitrogens with one attached hydrogen (secondary N) is 1. The summed E-state index contributed by atoms with van der Waals surface area (Å²) in [4.78, 5) is 42.5. The summed E-state index contributed by atoms with van der Waals surface area (Å²) in [5.41, 5.74) is 0.933. The van der Waals surface area contributed by atoms with Crippen LogP contribution in [0.2, 0.25) is 0 Å². The molecule has 170 valence electrons. The Kier molecular flexibility index (Phi) is 8.50. The number of likely N-dealkylation sites (tertiary alicyclic amines) is 2. The molecule has 0 saturated carbocycles. The Balaban J connectivity index is 1.52. The second-order valence-corrected chi connectivity index (χ2v) is 9.29. The smallest absolute Gasteiger partial charge is 0.245 e. The van der Waals surface area contributed by atoms with Crippen molar-refractivity contribution in [2.75, 3.05) is 26.2 Å². The van der Waals surface area contributed by atoms with Crippen molar-refractivity contribution in [1.29, 1.82) is 0 Å². The van der Waals surface area contributed by atoms with Crippen LogP contribution in [0, 0.1) is 11.8 Å². The fraction of sp³-hybridized carbons (Fsp3) is 0.640. The van der Waals surface area contributed by atoms with Gasteiger partial charge in [-0.3, -0.25) is 14.4 Å². The Morgan fingerprint density at radius 2 is 1.52 bits per heavy atom. The third-order valence-electron chi connectivity index (χ3n) is 6.53. The standard InChI is InChI=1S/C25H37N3O3/c1-19(2)23(26-22(29)18-20-10-6-5-7-11-20)25(31)28-16-12-21(13-17-28)24(30)27-14-8-3-4-9-15-27/h5-7,10-11,19,21,23H,3-4,8-9,12-18H2,1-2H3,(H,26,29). The predicted molar refractivity (Wildman–Crippen MR) is 121 cm³/mol. The molecule has 3 amide bonds. The van der Waals surface area contributed by atoms with Crippen molar-refractivity contribution in [1.82, 2.24) is 15.1 Å². The molecule has 0 aromatic heterocycles. The molecule has 2 heterocycles. The Morgan fingerprint density at radius 1 is 0.903 bits per heavy atom. The van der Waals surface area contributed by atoms with E-state index in [0.717, 1.165) is 31.5 Å². The zero-order chi connectivity index (χ0) is 22.2. The summed E-state index contributed by atoms with van der Waals surface area (Å²) in [6.07, 6.45) is 6.31. The van der Waals surface area contributed by atoms with Crippen molar-refractivity contribution in [2.45, 2.75) is 64.8 Å². The van der Waals surface area contributed by atoms with Gasteiger partial charge in [-0.05, 0) is 37.2 Å². The van der Waals surface area contributed by atoms with E-state index < -0.39 is 6.04 Å². The molecule has 0 spiro atoms. The normalized spacial score (nSPS) is 19.1. The molecule has 0 aliphatic carbocycles. The Labute approximate surface area is 186 Å². The number of hydrogen-bond acceptors (Lipinski definition) is 3. The SMILES string of the molecule is CC(C)C(NC(=O)Cc1ccccc1)C(=O)N1CCC(C(=O)N2CCCCCC2)CC1. The third kappa shape index (κ3) is 6.55. The molecule has 2 aliphatic heterocycles. The molecule has 1 atom stereocenters. The van der Waals surface area contributed by atoms with Gasteiger partial charge in [0.2, 0.25) is 17.7 Å². The monoisotopic (exact) mass is 427 g/mol. The van der Waals surface area contributed by atoms with Crippen molar-refractivity contribution in [3.63, 3.8) is 0 Å². The molecule has 0 bridgehead atoms. The minimum absolute atomic E-state index is 0.00341. The first-order valence-corrected chi connectivity index (χ1v) is 11.9. The van der Waals surface area contributed by atoms with Crippen molar-refractivity contribution >= 4 is 17.7 Å². The number of benzene rings is 1. The van der Waals surface area contributed by atoms with Crippen LogP contribution in [0.25, 0.3) is 0 Å². The largest absolute Gasteiger partial charge is 0.344 e. The highest BCUT2D eigenvalue weighted by atomic mass is 16.2. The summed E-state index contributed by atoms with van der Waals surface area (Å²) in [5.74, 6) is 0.128. The third-order valence-corrected chi connectivity index (χ3v) is 6.53. The van der Waals surface area contributed by atoms with Crippen LogP contribution in [0.15, 0.2) is 30.3 Å². The molecular weight excluding hydrogens is 390 g/mol. The van der Waals surface area contributed by atoms with Gasteiger partial charge in [0.1, 0.15) is 6.04 Å². The molecule has 6 nitrogen and oxygen atoms in total. The van der Waals surface area contributed by atoms with Gasteiger partial charge >= 0.3 is 0 Å². The molecule has 1 aromatic rings. The van der Waals surface area contributed by atoms with Crippen molar-refractivity contribution in [2.24, 2.45) is 11.8 Å². The van der Waals surface area contributed by atoms with E-state index in [-0.39, 0.29) is 36.0 Å². The number of carbonyl (C=O) groups is 3. The molecule has 6 heteroatoms. The predicted octanol–water partition coefficient (Wildman–Crippen LogP) is 3.01. The van der Waals surface area contributed by atoms with Crippen LogP contribution in [0.1, 0.15) is 57.9 Å².